The Labute approximate surface area is 110 Å². The predicted molar refractivity (Wildman–Crippen MR) is 79.5 cm³/mol. The minimum atomic E-state index is 0.482. The molecule has 0 aliphatic rings. The predicted octanol–water partition coefficient (Wildman–Crippen LogP) is 5.15. The lowest BCUT2D eigenvalue weighted by atomic mass is 9.87. The molecule has 1 atom stereocenters. The molecule has 0 aromatic heterocycles. The number of hydrogen-bond acceptors (Lipinski definition) is 1. The maximum Gasteiger partial charge on any atom is 0.00642 e. The molecule has 0 fully saturated rings. The summed E-state index contributed by atoms with van der Waals surface area (Å²) < 4.78 is 0. The third-order valence-electron chi connectivity index (χ3n) is 3.56. The molecule has 0 aromatic rings. The van der Waals surface area contributed by atoms with E-state index in [2.05, 4.69) is 40.1 Å². The summed E-state index contributed by atoms with van der Waals surface area (Å²) in [5.74, 6) is 0. The number of rotatable bonds is 10. The second kappa shape index (κ2) is 9.94. The van der Waals surface area contributed by atoms with Gasteiger partial charge in [-0.15, -0.1) is 0 Å². The molecular formula is C16H35N. The molecule has 0 aliphatic heterocycles. The van der Waals surface area contributed by atoms with Gasteiger partial charge in [0.1, 0.15) is 0 Å². The Kier molecular flexibility index (Phi) is 9.91. The van der Waals surface area contributed by atoms with Crippen LogP contribution in [0.15, 0.2) is 0 Å². The maximum atomic E-state index is 3.48. The van der Waals surface area contributed by atoms with Crippen LogP contribution in [0.3, 0.4) is 0 Å². The van der Waals surface area contributed by atoms with Gasteiger partial charge in [0, 0.05) is 6.04 Å². The Bertz CT molecular complexity index is 157. The van der Waals surface area contributed by atoms with Crippen molar-refractivity contribution < 1.29 is 0 Å². The van der Waals surface area contributed by atoms with Gasteiger partial charge in [0.2, 0.25) is 0 Å². The maximum absolute atomic E-state index is 3.48. The molecule has 1 unspecified atom stereocenters. The quantitative estimate of drug-likeness (QED) is 0.521. The summed E-state index contributed by atoms with van der Waals surface area (Å²) in [4.78, 5) is 0. The van der Waals surface area contributed by atoms with Crippen LogP contribution in [0.4, 0.5) is 0 Å². The van der Waals surface area contributed by atoms with Crippen LogP contribution in [0.5, 0.6) is 0 Å². The monoisotopic (exact) mass is 241 g/mol. The van der Waals surface area contributed by atoms with Crippen molar-refractivity contribution in [3.63, 3.8) is 0 Å². The summed E-state index contributed by atoms with van der Waals surface area (Å²) in [6.45, 7) is 9.29. The highest BCUT2D eigenvalue weighted by atomic mass is 14.9. The van der Waals surface area contributed by atoms with E-state index in [1.54, 1.807) is 0 Å². The lowest BCUT2D eigenvalue weighted by Crippen LogP contribution is -2.26. The van der Waals surface area contributed by atoms with Gasteiger partial charge in [-0.3, -0.25) is 0 Å². The summed E-state index contributed by atoms with van der Waals surface area (Å²) in [5.41, 5.74) is 0.482. The second-order valence-electron chi connectivity index (χ2n) is 6.64. The van der Waals surface area contributed by atoms with E-state index in [1.165, 1.54) is 57.8 Å². The fourth-order valence-corrected chi connectivity index (χ4v) is 2.21. The third kappa shape index (κ3) is 12.2. The van der Waals surface area contributed by atoms with Crippen LogP contribution in [0.25, 0.3) is 0 Å². The van der Waals surface area contributed by atoms with Crippen LogP contribution in [-0.2, 0) is 0 Å². The van der Waals surface area contributed by atoms with Crippen molar-refractivity contribution in [1.29, 1.82) is 0 Å². The third-order valence-corrected chi connectivity index (χ3v) is 3.56. The molecule has 0 rings (SSSR count). The average molecular weight is 241 g/mol. The van der Waals surface area contributed by atoms with Crippen molar-refractivity contribution in [3.05, 3.63) is 0 Å². The molecule has 0 saturated heterocycles. The lowest BCUT2D eigenvalue weighted by molar-refractivity contribution is 0.325. The zero-order valence-corrected chi connectivity index (χ0v) is 12.9. The Morgan fingerprint density at radius 3 is 2.00 bits per heavy atom. The van der Waals surface area contributed by atoms with E-state index in [1.807, 2.05) is 0 Å². The molecule has 0 bridgehead atoms. The van der Waals surface area contributed by atoms with Gasteiger partial charge in [-0.1, -0.05) is 66.2 Å². The number of nitrogens with one attached hydrogen (secondary N) is 1. The van der Waals surface area contributed by atoms with Gasteiger partial charge in [-0.05, 0) is 31.7 Å². The van der Waals surface area contributed by atoms with Gasteiger partial charge < -0.3 is 5.32 Å². The molecule has 0 aliphatic carbocycles. The smallest absolute Gasteiger partial charge is 0.00642 e. The van der Waals surface area contributed by atoms with Crippen molar-refractivity contribution in [2.24, 2.45) is 5.41 Å². The van der Waals surface area contributed by atoms with Crippen LogP contribution in [0.2, 0.25) is 0 Å². The van der Waals surface area contributed by atoms with E-state index in [0.717, 1.165) is 6.04 Å². The van der Waals surface area contributed by atoms with E-state index in [9.17, 15) is 0 Å². The first kappa shape index (κ1) is 17.0. The summed E-state index contributed by atoms with van der Waals surface area (Å²) in [5, 5.41) is 3.48. The van der Waals surface area contributed by atoms with Crippen molar-refractivity contribution in [3.8, 4) is 0 Å². The summed E-state index contributed by atoms with van der Waals surface area (Å²) in [6, 6.07) is 0.736. The highest BCUT2D eigenvalue weighted by Crippen LogP contribution is 2.23. The van der Waals surface area contributed by atoms with Gasteiger partial charge in [0.05, 0.1) is 0 Å². The van der Waals surface area contributed by atoms with Crippen molar-refractivity contribution in [1.82, 2.24) is 5.32 Å². The molecule has 1 N–H and O–H groups in total. The second-order valence-corrected chi connectivity index (χ2v) is 6.64. The van der Waals surface area contributed by atoms with Crippen molar-refractivity contribution >= 4 is 0 Å². The highest BCUT2D eigenvalue weighted by Gasteiger charge is 2.13. The molecular weight excluding hydrogens is 206 g/mol. The minimum absolute atomic E-state index is 0.482. The molecule has 0 heterocycles. The fraction of sp³-hybridized carbons (Fsp3) is 1.00. The average Bonchev–Trinajstić information content (AvgIpc) is 2.26. The van der Waals surface area contributed by atoms with E-state index in [4.69, 9.17) is 0 Å². The topological polar surface area (TPSA) is 12.0 Å². The molecule has 104 valence electrons. The molecule has 1 heteroatoms. The van der Waals surface area contributed by atoms with Gasteiger partial charge in [0.25, 0.3) is 0 Å². The molecule has 1 nitrogen and oxygen atoms in total. The first-order valence-corrected chi connectivity index (χ1v) is 7.67. The Balaban J connectivity index is 3.48. The molecule has 0 saturated carbocycles. The molecule has 0 aromatic carbocycles. The Morgan fingerprint density at radius 2 is 1.47 bits per heavy atom. The first-order chi connectivity index (χ1) is 7.99. The van der Waals surface area contributed by atoms with Gasteiger partial charge >= 0.3 is 0 Å². The van der Waals surface area contributed by atoms with Crippen LogP contribution in [-0.4, -0.2) is 13.1 Å². The Hall–Kier alpha value is -0.0400. The zero-order valence-electron chi connectivity index (χ0n) is 12.9. The standard InChI is InChI=1S/C16H35N/c1-6-7-8-9-10-11-12-15(17-5)13-14-16(2,3)4/h15,17H,6-14H2,1-5H3. The molecule has 17 heavy (non-hydrogen) atoms. The minimum Gasteiger partial charge on any atom is -0.317 e. The Morgan fingerprint density at radius 1 is 0.882 bits per heavy atom. The summed E-state index contributed by atoms with van der Waals surface area (Å²) >= 11 is 0. The largest absolute Gasteiger partial charge is 0.317 e. The molecule has 0 spiro atoms. The zero-order chi connectivity index (χ0) is 13.1. The van der Waals surface area contributed by atoms with Gasteiger partial charge in [-0.2, -0.15) is 0 Å². The fourth-order valence-electron chi connectivity index (χ4n) is 2.21. The van der Waals surface area contributed by atoms with E-state index in [-0.39, 0.29) is 0 Å². The highest BCUT2D eigenvalue weighted by molar-refractivity contribution is 4.70. The van der Waals surface area contributed by atoms with Crippen LogP contribution in [0.1, 0.15) is 85.5 Å². The van der Waals surface area contributed by atoms with E-state index < -0.39 is 0 Å². The van der Waals surface area contributed by atoms with E-state index >= 15 is 0 Å². The van der Waals surface area contributed by atoms with Crippen LogP contribution >= 0.6 is 0 Å². The van der Waals surface area contributed by atoms with Gasteiger partial charge in [-0.25, -0.2) is 0 Å². The summed E-state index contributed by atoms with van der Waals surface area (Å²) in [7, 11) is 2.12. The molecule has 0 radical (unpaired) electrons. The normalized spacial score (nSPS) is 13.9. The van der Waals surface area contributed by atoms with E-state index in [0.29, 0.717) is 5.41 Å². The lowest BCUT2D eigenvalue weighted by Gasteiger charge is -2.23. The van der Waals surface area contributed by atoms with Crippen molar-refractivity contribution in [2.45, 2.75) is 91.5 Å². The molecule has 0 amide bonds. The van der Waals surface area contributed by atoms with Crippen LogP contribution in [0, 0.1) is 5.41 Å². The first-order valence-electron chi connectivity index (χ1n) is 7.67. The van der Waals surface area contributed by atoms with Gasteiger partial charge in [0.15, 0.2) is 0 Å². The SMILES string of the molecule is CCCCCCCCC(CCC(C)(C)C)NC. The van der Waals surface area contributed by atoms with Crippen molar-refractivity contribution in [2.75, 3.05) is 7.05 Å². The summed E-state index contributed by atoms with van der Waals surface area (Å²) in [6.07, 6.45) is 12.5. The van der Waals surface area contributed by atoms with Crippen LogP contribution < -0.4 is 5.32 Å². The number of unbranched alkanes of at least 4 members (excludes halogenated alkanes) is 5. The number of hydrogen-bond donors (Lipinski definition) is 1.